The molecule has 9 heteroatoms. The van der Waals surface area contributed by atoms with E-state index in [-0.39, 0.29) is 32.3 Å². The number of carbonyl (C=O) groups is 3. The number of rotatable bonds is 11. The molecule has 1 aliphatic heterocycles. The molecule has 2 rings (SSSR count). The van der Waals surface area contributed by atoms with Crippen LogP contribution < -0.4 is 10.2 Å². The maximum atomic E-state index is 13.0. The van der Waals surface area contributed by atoms with Crippen molar-refractivity contribution in [3.63, 3.8) is 0 Å². The summed E-state index contributed by atoms with van der Waals surface area (Å²) >= 11 is 0. The molecule has 2 amide bonds. The van der Waals surface area contributed by atoms with Crippen LogP contribution in [0.25, 0.3) is 0 Å². The molecular formula is C26H38N2O7. The second-order valence-electron chi connectivity index (χ2n) is 7.68. The number of ether oxygens (including phenoxy) is 3. The monoisotopic (exact) mass is 490 g/mol. The summed E-state index contributed by atoms with van der Waals surface area (Å²) in [6.45, 7) is 9.76. The van der Waals surface area contributed by atoms with Crippen LogP contribution in [0.3, 0.4) is 0 Å². The van der Waals surface area contributed by atoms with E-state index in [0.717, 1.165) is 6.42 Å². The molecule has 194 valence electrons. The predicted octanol–water partition coefficient (Wildman–Crippen LogP) is 2.69. The van der Waals surface area contributed by atoms with Crippen LogP contribution in [0.5, 0.6) is 0 Å². The highest BCUT2D eigenvalue weighted by Crippen LogP contribution is 2.26. The molecule has 1 aromatic carbocycles. The van der Waals surface area contributed by atoms with Crippen molar-refractivity contribution in [3.05, 3.63) is 29.8 Å². The van der Waals surface area contributed by atoms with Crippen molar-refractivity contribution in [3.8, 4) is 12.3 Å². The summed E-state index contributed by atoms with van der Waals surface area (Å²) < 4.78 is 16.0. The fraction of sp³-hybridized carbons (Fsp3) is 0.577. The van der Waals surface area contributed by atoms with Gasteiger partial charge >= 0.3 is 18.0 Å². The fourth-order valence-corrected chi connectivity index (χ4v) is 3.33. The van der Waals surface area contributed by atoms with E-state index in [0.29, 0.717) is 24.3 Å². The van der Waals surface area contributed by atoms with Crippen molar-refractivity contribution in [2.45, 2.75) is 59.2 Å². The van der Waals surface area contributed by atoms with Crippen LogP contribution in [0.1, 0.15) is 46.6 Å². The lowest BCUT2D eigenvalue weighted by molar-refractivity contribution is -0.194. The van der Waals surface area contributed by atoms with Crippen molar-refractivity contribution in [2.24, 2.45) is 5.92 Å². The molecule has 1 saturated heterocycles. The van der Waals surface area contributed by atoms with Crippen LogP contribution >= 0.6 is 0 Å². The minimum Gasteiger partial charge on any atom is -0.463 e. The first kappa shape index (κ1) is 29.9. The molecule has 1 aromatic rings. The highest BCUT2D eigenvalue weighted by atomic mass is 16.6. The van der Waals surface area contributed by atoms with Gasteiger partial charge in [0.1, 0.15) is 0 Å². The normalized spacial score (nSPS) is 15.0. The Morgan fingerprint density at radius 3 is 2.23 bits per heavy atom. The van der Waals surface area contributed by atoms with Crippen LogP contribution in [0.4, 0.5) is 10.5 Å². The second-order valence-corrected chi connectivity index (χ2v) is 7.68. The van der Waals surface area contributed by atoms with E-state index in [1.807, 2.05) is 13.8 Å². The third-order valence-electron chi connectivity index (χ3n) is 5.33. The third-order valence-corrected chi connectivity index (χ3v) is 5.33. The zero-order valence-corrected chi connectivity index (χ0v) is 21.3. The highest BCUT2D eigenvalue weighted by Gasteiger charge is 2.51. The number of amides is 2. The van der Waals surface area contributed by atoms with Crippen molar-refractivity contribution >= 4 is 23.7 Å². The molecule has 0 saturated carbocycles. The van der Waals surface area contributed by atoms with Crippen LogP contribution in [0.2, 0.25) is 0 Å². The van der Waals surface area contributed by atoms with Crippen LogP contribution in [0, 0.1) is 18.3 Å². The average molecular weight is 491 g/mol. The van der Waals surface area contributed by atoms with Crippen molar-refractivity contribution in [1.82, 2.24) is 5.32 Å². The Balaban J connectivity index is 0.00000298. The molecule has 1 aliphatic rings. The van der Waals surface area contributed by atoms with E-state index in [1.54, 1.807) is 49.9 Å². The molecule has 2 N–H and O–H groups in total. The quantitative estimate of drug-likeness (QED) is 0.278. The first-order valence-corrected chi connectivity index (χ1v) is 12.1. The Hall–Kier alpha value is -3.09. The van der Waals surface area contributed by atoms with Gasteiger partial charge in [-0.1, -0.05) is 26.0 Å². The summed E-state index contributed by atoms with van der Waals surface area (Å²) in [5.74, 6) is 0.0202. The van der Waals surface area contributed by atoms with Gasteiger partial charge in [0.15, 0.2) is 0 Å². The lowest BCUT2D eigenvalue weighted by atomic mass is 9.93. The SMILES string of the molecule is C#CC(C)C(O)COC(Cc1ccc(N2CCCNC2=O)cc1)(C(=O)OCC)C(=O)OCC.CC. The first-order chi connectivity index (χ1) is 16.8. The molecule has 0 bridgehead atoms. The van der Waals surface area contributed by atoms with Gasteiger partial charge in [-0.15, -0.1) is 12.3 Å². The molecule has 2 atom stereocenters. The summed E-state index contributed by atoms with van der Waals surface area (Å²) in [4.78, 5) is 39.6. The van der Waals surface area contributed by atoms with Gasteiger partial charge in [-0.2, -0.15) is 0 Å². The largest absolute Gasteiger partial charge is 0.463 e. The molecule has 0 radical (unpaired) electrons. The number of aliphatic hydroxyl groups excluding tert-OH is 1. The van der Waals surface area contributed by atoms with Crippen molar-refractivity contribution in [1.29, 1.82) is 0 Å². The Morgan fingerprint density at radius 1 is 1.17 bits per heavy atom. The van der Waals surface area contributed by atoms with E-state index in [9.17, 15) is 19.5 Å². The Bertz CT molecular complexity index is 845. The molecule has 1 heterocycles. The van der Waals surface area contributed by atoms with Gasteiger partial charge in [-0.05, 0) is 44.9 Å². The van der Waals surface area contributed by atoms with Gasteiger partial charge in [-0.25, -0.2) is 14.4 Å². The summed E-state index contributed by atoms with van der Waals surface area (Å²) in [6.07, 6.45) is 4.90. The number of urea groups is 1. The highest BCUT2D eigenvalue weighted by molar-refractivity contribution is 6.04. The minimum atomic E-state index is -2.12. The number of hydrogen-bond acceptors (Lipinski definition) is 7. The minimum absolute atomic E-state index is 0.0235. The van der Waals surface area contributed by atoms with E-state index in [2.05, 4.69) is 11.2 Å². The topological polar surface area (TPSA) is 114 Å². The number of aliphatic hydroxyl groups is 1. The van der Waals surface area contributed by atoms with Gasteiger partial charge in [0.2, 0.25) is 0 Å². The molecule has 0 spiro atoms. The summed E-state index contributed by atoms with van der Waals surface area (Å²) in [7, 11) is 0. The summed E-state index contributed by atoms with van der Waals surface area (Å²) in [5, 5.41) is 13.1. The number of nitrogens with zero attached hydrogens (tertiary/aromatic N) is 1. The average Bonchev–Trinajstić information content (AvgIpc) is 2.88. The van der Waals surface area contributed by atoms with Gasteiger partial charge in [0, 0.05) is 31.1 Å². The Morgan fingerprint density at radius 2 is 1.74 bits per heavy atom. The molecule has 1 fully saturated rings. The number of benzene rings is 1. The van der Waals surface area contributed by atoms with Gasteiger partial charge < -0.3 is 24.6 Å². The molecule has 35 heavy (non-hydrogen) atoms. The lowest BCUT2D eigenvalue weighted by Gasteiger charge is -2.31. The Kier molecular flexibility index (Phi) is 12.8. The predicted molar refractivity (Wildman–Crippen MR) is 133 cm³/mol. The standard InChI is InChI=1S/C24H32N2O7.C2H6/c1-5-17(4)20(27)16-33-24(21(28)31-6-2,22(29)32-7-3)15-18-9-11-19(12-10-18)26-14-8-13-25-23(26)30;1-2/h1,9-12,17,20,27H,6-8,13-16H2,2-4H3,(H,25,30);1-2H3. The van der Waals surface area contributed by atoms with Crippen LogP contribution in [-0.4, -0.2) is 67.7 Å². The van der Waals surface area contributed by atoms with Crippen molar-refractivity contribution < 1.29 is 33.7 Å². The molecule has 0 aromatic heterocycles. The number of nitrogens with one attached hydrogen (secondary N) is 1. The maximum Gasteiger partial charge on any atom is 0.350 e. The van der Waals surface area contributed by atoms with Crippen LogP contribution in [0.15, 0.2) is 24.3 Å². The van der Waals surface area contributed by atoms with E-state index < -0.39 is 29.6 Å². The molecule has 9 nitrogen and oxygen atoms in total. The number of hydrogen-bond donors (Lipinski definition) is 2. The molecule has 2 unspecified atom stereocenters. The zero-order chi connectivity index (χ0) is 26.4. The van der Waals surface area contributed by atoms with Gasteiger partial charge in [0.05, 0.1) is 25.9 Å². The van der Waals surface area contributed by atoms with Gasteiger partial charge in [0.25, 0.3) is 5.60 Å². The number of anilines is 1. The summed E-state index contributed by atoms with van der Waals surface area (Å²) in [6, 6.07) is 6.69. The second kappa shape index (κ2) is 15.0. The summed E-state index contributed by atoms with van der Waals surface area (Å²) in [5.41, 5.74) is -0.851. The maximum absolute atomic E-state index is 13.0. The fourth-order valence-electron chi connectivity index (χ4n) is 3.33. The van der Waals surface area contributed by atoms with Crippen LogP contribution in [-0.2, 0) is 30.2 Å². The first-order valence-electron chi connectivity index (χ1n) is 12.1. The molecule has 0 aliphatic carbocycles. The van der Waals surface area contributed by atoms with E-state index in [1.165, 1.54) is 0 Å². The smallest absolute Gasteiger partial charge is 0.350 e. The number of terminal acetylenes is 1. The Labute approximate surface area is 208 Å². The van der Waals surface area contributed by atoms with E-state index >= 15 is 0 Å². The third kappa shape index (κ3) is 7.98. The van der Waals surface area contributed by atoms with E-state index in [4.69, 9.17) is 20.6 Å². The lowest BCUT2D eigenvalue weighted by Crippen LogP contribution is -2.54. The van der Waals surface area contributed by atoms with Gasteiger partial charge in [-0.3, -0.25) is 4.90 Å². The van der Waals surface area contributed by atoms with Crippen molar-refractivity contribution in [2.75, 3.05) is 37.8 Å². The molecular weight excluding hydrogens is 452 g/mol. The number of carbonyl (C=O) groups excluding carboxylic acids is 3. The zero-order valence-electron chi connectivity index (χ0n) is 21.3. The number of esters is 2.